The van der Waals surface area contributed by atoms with E-state index in [4.69, 9.17) is 4.74 Å². The van der Waals surface area contributed by atoms with Crippen LogP contribution in [-0.4, -0.2) is 35.5 Å². The molecular weight excluding hydrogens is 316 g/mol. The lowest BCUT2D eigenvalue weighted by molar-refractivity contribution is -0.132. The lowest BCUT2D eigenvalue weighted by atomic mass is 9.78. The van der Waals surface area contributed by atoms with Crippen molar-refractivity contribution in [3.05, 3.63) is 65.7 Å². The van der Waals surface area contributed by atoms with Gasteiger partial charge in [0.25, 0.3) is 5.91 Å². The van der Waals surface area contributed by atoms with Crippen molar-refractivity contribution in [1.29, 1.82) is 0 Å². The molecule has 0 bridgehead atoms. The highest BCUT2D eigenvalue weighted by Crippen LogP contribution is 2.33. The zero-order valence-electron chi connectivity index (χ0n) is 13.9. The van der Waals surface area contributed by atoms with Crippen LogP contribution in [0.4, 0.5) is 4.79 Å². The molecule has 0 radical (unpaired) electrons. The Morgan fingerprint density at radius 3 is 2.52 bits per heavy atom. The second-order valence-corrected chi connectivity index (χ2v) is 6.58. The summed E-state index contributed by atoms with van der Waals surface area (Å²) in [5.74, 6) is 0.597. The lowest BCUT2D eigenvalue weighted by Crippen LogP contribution is -2.51. The van der Waals surface area contributed by atoms with E-state index in [1.165, 1.54) is 10.5 Å². The molecule has 2 aliphatic rings. The summed E-state index contributed by atoms with van der Waals surface area (Å²) in [6, 6.07) is 17.2. The molecule has 1 fully saturated rings. The minimum absolute atomic E-state index is 0.135. The van der Waals surface area contributed by atoms with Crippen LogP contribution in [0.5, 0.6) is 5.75 Å². The molecule has 5 heteroatoms. The second kappa shape index (κ2) is 6.24. The van der Waals surface area contributed by atoms with Gasteiger partial charge in [-0.25, -0.2) is 4.79 Å². The minimum Gasteiger partial charge on any atom is -0.492 e. The number of hydrogen-bond acceptors (Lipinski definition) is 3. The summed E-state index contributed by atoms with van der Waals surface area (Å²) in [5, 5.41) is 2.94. The maximum Gasteiger partial charge on any atom is 0.325 e. The maximum absolute atomic E-state index is 12.9. The molecule has 5 nitrogen and oxygen atoms in total. The quantitative estimate of drug-likeness (QED) is 0.873. The fourth-order valence-corrected chi connectivity index (χ4v) is 3.68. The summed E-state index contributed by atoms with van der Waals surface area (Å²) in [5.41, 5.74) is 1.61. The first-order valence-corrected chi connectivity index (χ1v) is 8.57. The number of nitrogens with one attached hydrogen (secondary N) is 1. The minimum atomic E-state index is -0.793. The lowest BCUT2D eigenvalue weighted by Gasteiger charge is -2.32. The molecule has 1 atom stereocenters. The van der Waals surface area contributed by atoms with Crippen molar-refractivity contribution in [2.45, 2.75) is 24.8 Å². The van der Waals surface area contributed by atoms with Crippen LogP contribution >= 0.6 is 0 Å². The number of rotatable bonds is 4. The molecule has 2 aromatic rings. The third kappa shape index (κ3) is 2.86. The standard InChI is InChI=1S/C20H20N2O3/c23-18-20(11-10-15-6-4-5-7-16(15)14-20)21-19(24)22(18)12-13-25-17-8-2-1-3-9-17/h1-9H,10-14H2,(H,21,24). The van der Waals surface area contributed by atoms with E-state index in [-0.39, 0.29) is 25.1 Å². The van der Waals surface area contributed by atoms with Crippen molar-refractivity contribution < 1.29 is 14.3 Å². The normalized spacial score (nSPS) is 22.0. The summed E-state index contributed by atoms with van der Waals surface area (Å²) in [6.07, 6.45) is 2.00. The number of benzene rings is 2. The van der Waals surface area contributed by atoms with E-state index >= 15 is 0 Å². The van der Waals surface area contributed by atoms with Gasteiger partial charge in [0.2, 0.25) is 0 Å². The topological polar surface area (TPSA) is 58.6 Å². The fraction of sp³-hybridized carbons (Fsp3) is 0.300. The van der Waals surface area contributed by atoms with Gasteiger partial charge in [0.15, 0.2) is 0 Å². The second-order valence-electron chi connectivity index (χ2n) is 6.58. The van der Waals surface area contributed by atoms with Crippen LogP contribution < -0.4 is 10.1 Å². The number of ether oxygens (including phenoxy) is 1. The van der Waals surface area contributed by atoms with E-state index in [0.29, 0.717) is 12.8 Å². The first kappa shape index (κ1) is 15.7. The predicted molar refractivity (Wildman–Crippen MR) is 93.4 cm³/mol. The Bertz CT molecular complexity index is 806. The van der Waals surface area contributed by atoms with Gasteiger partial charge < -0.3 is 10.1 Å². The summed E-state index contributed by atoms with van der Waals surface area (Å²) in [6.45, 7) is 0.540. The number of amides is 3. The van der Waals surface area contributed by atoms with E-state index in [1.54, 1.807) is 0 Å². The molecule has 1 N–H and O–H groups in total. The molecule has 2 aromatic carbocycles. The van der Waals surface area contributed by atoms with Crippen molar-refractivity contribution in [3.8, 4) is 5.75 Å². The van der Waals surface area contributed by atoms with Gasteiger partial charge in [0.1, 0.15) is 17.9 Å². The molecule has 0 aromatic heterocycles. The average Bonchev–Trinajstić information content (AvgIpc) is 2.86. The largest absolute Gasteiger partial charge is 0.492 e. The molecule has 1 saturated heterocycles. The van der Waals surface area contributed by atoms with E-state index in [0.717, 1.165) is 17.7 Å². The van der Waals surface area contributed by atoms with Crippen molar-refractivity contribution in [2.24, 2.45) is 0 Å². The first-order chi connectivity index (χ1) is 12.2. The maximum atomic E-state index is 12.9. The Labute approximate surface area is 146 Å². The van der Waals surface area contributed by atoms with E-state index in [9.17, 15) is 9.59 Å². The number of para-hydroxylation sites is 1. The van der Waals surface area contributed by atoms with Gasteiger partial charge in [-0.2, -0.15) is 0 Å². The molecule has 4 rings (SSSR count). The number of nitrogens with zero attached hydrogens (tertiary/aromatic N) is 1. The number of carbonyl (C=O) groups excluding carboxylic acids is 2. The third-order valence-corrected chi connectivity index (χ3v) is 5.00. The Kier molecular flexibility index (Phi) is 3.92. The van der Waals surface area contributed by atoms with Crippen LogP contribution in [0.2, 0.25) is 0 Å². The highest BCUT2D eigenvalue weighted by atomic mass is 16.5. The van der Waals surface area contributed by atoms with Crippen LogP contribution in [0.25, 0.3) is 0 Å². The highest BCUT2D eigenvalue weighted by Gasteiger charge is 2.52. The van der Waals surface area contributed by atoms with Crippen LogP contribution in [0.3, 0.4) is 0 Å². The van der Waals surface area contributed by atoms with Crippen molar-refractivity contribution >= 4 is 11.9 Å². The Morgan fingerprint density at radius 2 is 1.72 bits per heavy atom. The van der Waals surface area contributed by atoms with Crippen LogP contribution in [0, 0.1) is 0 Å². The predicted octanol–water partition coefficient (Wildman–Crippen LogP) is 2.54. The van der Waals surface area contributed by atoms with Crippen LogP contribution in [0.1, 0.15) is 17.5 Å². The molecule has 1 aliphatic heterocycles. The van der Waals surface area contributed by atoms with Gasteiger partial charge in [-0.3, -0.25) is 9.69 Å². The van der Waals surface area contributed by atoms with Crippen LogP contribution in [0.15, 0.2) is 54.6 Å². The summed E-state index contributed by atoms with van der Waals surface area (Å²) in [7, 11) is 0. The summed E-state index contributed by atoms with van der Waals surface area (Å²) >= 11 is 0. The van der Waals surface area contributed by atoms with Gasteiger partial charge in [-0.1, -0.05) is 42.5 Å². The number of hydrogen-bond donors (Lipinski definition) is 1. The molecule has 1 spiro atoms. The van der Waals surface area contributed by atoms with Crippen molar-refractivity contribution in [1.82, 2.24) is 10.2 Å². The SMILES string of the molecule is O=C1NC2(CCc3ccccc3C2)C(=O)N1CCOc1ccccc1. The molecule has 1 aliphatic carbocycles. The molecular formula is C20H20N2O3. The number of urea groups is 1. The van der Waals surface area contributed by atoms with Gasteiger partial charge in [0.05, 0.1) is 6.54 Å². The molecule has 128 valence electrons. The zero-order chi connectivity index (χ0) is 17.3. The smallest absolute Gasteiger partial charge is 0.325 e. The first-order valence-electron chi connectivity index (χ1n) is 8.57. The Hall–Kier alpha value is -2.82. The molecule has 25 heavy (non-hydrogen) atoms. The molecule has 3 amide bonds. The highest BCUT2D eigenvalue weighted by molar-refractivity contribution is 6.07. The van der Waals surface area contributed by atoms with E-state index in [2.05, 4.69) is 11.4 Å². The Balaban J connectivity index is 1.44. The van der Waals surface area contributed by atoms with Crippen molar-refractivity contribution in [2.75, 3.05) is 13.2 Å². The molecule has 1 heterocycles. The van der Waals surface area contributed by atoms with E-state index in [1.807, 2.05) is 48.5 Å². The monoisotopic (exact) mass is 336 g/mol. The van der Waals surface area contributed by atoms with Crippen LogP contribution in [-0.2, 0) is 17.6 Å². The number of fused-ring (bicyclic) bond motifs is 1. The fourth-order valence-electron chi connectivity index (χ4n) is 3.68. The average molecular weight is 336 g/mol. The Morgan fingerprint density at radius 1 is 1.00 bits per heavy atom. The van der Waals surface area contributed by atoms with Gasteiger partial charge >= 0.3 is 6.03 Å². The van der Waals surface area contributed by atoms with Gasteiger partial charge in [-0.15, -0.1) is 0 Å². The molecule has 0 saturated carbocycles. The summed E-state index contributed by atoms with van der Waals surface area (Å²) < 4.78 is 5.62. The van der Waals surface area contributed by atoms with Gasteiger partial charge in [-0.05, 0) is 36.1 Å². The van der Waals surface area contributed by atoms with Gasteiger partial charge in [0, 0.05) is 6.42 Å². The zero-order valence-corrected chi connectivity index (χ0v) is 13.9. The van der Waals surface area contributed by atoms with E-state index < -0.39 is 5.54 Å². The number of carbonyl (C=O) groups is 2. The number of aryl methyl sites for hydroxylation is 1. The van der Waals surface area contributed by atoms with Crippen molar-refractivity contribution in [3.63, 3.8) is 0 Å². The molecule has 1 unspecified atom stereocenters. The summed E-state index contributed by atoms with van der Waals surface area (Å²) in [4.78, 5) is 26.6. The number of imide groups is 1. The third-order valence-electron chi connectivity index (χ3n) is 5.00.